The van der Waals surface area contributed by atoms with Crippen LogP contribution in [0, 0.1) is 23.7 Å². The summed E-state index contributed by atoms with van der Waals surface area (Å²) in [5, 5.41) is -7.96. The largest absolute Gasteiger partial charge is 0.460 e. The first-order valence-electron chi connectivity index (χ1n) is 7.59. The van der Waals surface area contributed by atoms with Crippen molar-refractivity contribution in [3.8, 4) is 0 Å². The summed E-state index contributed by atoms with van der Waals surface area (Å²) < 4.78 is 142. The Morgan fingerprint density at radius 1 is 0.828 bits per heavy atom. The number of carbonyl (C=O) groups is 2. The number of rotatable bonds is 5. The van der Waals surface area contributed by atoms with E-state index in [-0.39, 0.29) is 0 Å². The number of hydrogen-bond acceptors (Lipinski definition) is 5. The second-order valence-corrected chi connectivity index (χ2v) is 8.23. The van der Waals surface area contributed by atoms with Crippen molar-refractivity contribution in [2.45, 2.75) is 29.7 Å². The summed E-state index contributed by atoms with van der Waals surface area (Å²) in [4.78, 5) is 24.2. The highest BCUT2D eigenvalue weighted by Gasteiger charge is 2.86. The molecule has 1 heterocycles. The zero-order valence-corrected chi connectivity index (χ0v) is 14.3. The molecule has 164 valence electrons. The van der Waals surface area contributed by atoms with Crippen LogP contribution in [-0.4, -0.2) is 48.6 Å². The number of allylic oxidation sites excluding steroid dienone is 2. The van der Waals surface area contributed by atoms with Gasteiger partial charge in [-0.2, -0.15) is 47.9 Å². The van der Waals surface area contributed by atoms with Crippen molar-refractivity contribution in [2.75, 3.05) is 0 Å². The molecule has 16 heteroatoms. The summed E-state index contributed by atoms with van der Waals surface area (Å²) in [6.07, 6.45) is -4.01. The zero-order chi connectivity index (χ0) is 22.4. The number of hydrogen-bond donors (Lipinski definition) is 0. The van der Waals surface area contributed by atoms with Gasteiger partial charge in [0.25, 0.3) is 11.8 Å². The molecule has 0 aromatic heterocycles. The lowest BCUT2D eigenvalue weighted by Gasteiger charge is -2.32. The van der Waals surface area contributed by atoms with Gasteiger partial charge in [-0.15, -0.1) is 9.35 Å². The molecule has 2 fully saturated rings. The van der Waals surface area contributed by atoms with E-state index >= 15 is 0 Å². The third kappa shape index (κ3) is 2.63. The molecule has 2 amide bonds. The highest BCUT2D eigenvalue weighted by atomic mass is 32.2. The molecular weight excluding hydrogens is 453 g/mol. The van der Waals surface area contributed by atoms with E-state index in [1.54, 1.807) is 0 Å². The average Bonchev–Trinajstić information content (AvgIpc) is 3.23. The Kier molecular flexibility index (Phi) is 4.42. The third-order valence-electron chi connectivity index (χ3n) is 5.03. The summed E-state index contributed by atoms with van der Waals surface area (Å²) >= 11 is 0. The number of imide groups is 1. The molecule has 3 aliphatic rings. The smallest absolute Gasteiger partial charge is 0.272 e. The number of alkyl halides is 9. The highest BCUT2D eigenvalue weighted by molar-refractivity contribution is 7.87. The first-order valence-corrected chi connectivity index (χ1v) is 9.00. The molecule has 6 nitrogen and oxygen atoms in total. The molecule has 1 saturated heterocycles. The molecule has 4 atom stereocenters. The van der Waals surface area contributed by atoms with E-state index in [4.69, 9.17) is 0 Å². The van der Waals surface area contributed by atoms with Crippen molar-refractivity contribution in [1.29, 1.82) is 0 Å². The van der Waals surface area contributed by atoms with E-state index < -0.39 is 73.9 Å². The van der Waals surface area contributed by atoms with Crippen LogP contribution < -0.4 is 0 Å². The van der Waals surface area contributed by atoms with E-state index in [0.717, 1.165) is 0 Å². The molecule has 2 aliphatic carbocycles. The van der Waals surface area contributed by atoms with Crippen LogP contribution in [0.1, 0.15) is 6.42 Å². The van der Waals surface area contributed by atoms with Crippen molar-refractivity contribution in [2.24, 2.45) is 23.7 Å². The van der Waals surface area contributed by atoms with Crippen molar-refractivity contribution >= 4 is 21.9 Å². The van der Waals surface area contributed by atoms with Gasteiger partial charge in [-0.05, 0) is 18.3 Å². The average molecular weight is 461 g/mol. The molecular formula is C13H8F9NO5S. The monoisotopic (exact) mass is 461 g/mol. The molecule has 29 heavy (non-hydrogen) atoms. The molecule has 0 aromatic rings. The van der Waals surface area contributed by atoms with Crippen LogP contribution in [0.15, 0.2) is 12.2 Å². The maximum Gasteiger partial charge on any atom is 0.460 e. The Hall–Kier alpha value is -1.84. The predicted molar refractivity (Wildman–Crippen MR) is 70.5 cm³/mol. The number of hydroxylamine groups is 2. The van der Waals surface area contributed by atoms with Crippen LogP contribution in [0.3, 0.4) is 0 Å². The first kappa shape index (κ1) is 21.9. The quantitative estimate of drug-likeness (QED) is 0.357. The minimum absolute atomic E-state index is 0.291. The SMILES string of the molecule is O=C1C2C(C(=O)N1OS(=O)(=O)C(F)(F)C(F)(F)C(F)(F)C(F)(F)F)[C@H]1C=C[C@@H]2C1. The summed E-state index contributed by atoms with van der Waals surface area (Å²) in [6.45, 7) is 0. The van der Waals surface area contributed by atoms with E-state index in [1.165, 1.54) is 12.2 Å². The van der Waals surface area contributed by atoms with E-state index in [1.807, 2.05) is 0 Å². The number of carbonyl (C=O) groups excluding carboxylic acids is 2. The van der Waals surface area contributed by atoms with Crippen LogP contribution >= 0.6 is 0 Å². The van der Waals surface area contributed by atoms with Gasteiger partial charge < -0.3 is 0 Å². The molecule has 3 rings (SSSR count). The van der Waals surface area contributed by atoms with Crippen molar-refractivity contribution in [1.82, 2.24) is 5.06 Å². The van der Waals surface area contributed by atoms with Gasteiger partial charge in [0.05, 0.1) is 11.8 Å². The topological polar surface area (TPSA) is 80.8 Å². The zero-order valence-electron chi connectivity index (χ0n) is 13.5. The lowest BCUT2D eigenvalue weighted by molar-refractivity contribution is -0.383. The van der Waals surface area contributed by atoms with Gasteiger partial charge >= 0.3 is 33.4 Å². The molecule has 2 unspecified atom stereocenters. The van der Waals surface area contributed by atoms with E-state index in [2.05, 4.69) is 4.28 Å². The van der Waals surface area contributed by atoms with Crippen LogP contribution in [0.25, 0.3) is 0 Å². The van der Waals surface area contributed by atoms with Crippen molar-refractivity contribution < 1.29 is 61.8 Å². The minimum Gasteiger partial charge on any atom is -0.272 e. The number of halogens is 9. The van der Waals surface area contributed by atoms with Crippen molar-refractivity contribution in [3.63, 3.8) is 0 Å². The lowest BCUT2D eigenvalue weighted by Crippen LogP contribution is -2.64. The Bertz CT molecular complexity index is 867. The van der Waals surface area contributed by atoms with Crippen LogP contribution in [-0.2, 0) is 24.0 Å². The first-order chi connectivity index (χ1) is 12.9. The predicted octanol–water partition coefficient (Wildman–Crippen LogP) is 2.48. The molecule has 1 saturated carbocycles. The van der Waals surface area contributed by atoms with Crippen LogP contribution in [0.5, 0.6) is 0 Å². The fourth-order valence-electron chi connectivity index (χ4n) is 3.61. The fraction of sp³-hybridized carbons (Fsp3) is 0.692. The number of amides is 2. The van der Waals surface area contributed by atoms with Gasteiger partial charge in [-0.1, -0.05) is 12.2 Å². The maximum atomic E-state index is 13.7. The Balaban J connectivity index is 1.91. The fourth-order valence-corrected chi connectivity index (χ4v) is 4.49. The van der Waals surface area contributed by atoms with Gasteiger partial charge in [-0.25, -0.2) is 0 Å². The van der Waals surface area contributed by atoms with E-state index in [0.29, 0.717) is 6.42 Å². The van der Waals surface area contributed by atoms with Crippen LogP contribution in [0.2, 0.25) is 0 Å². The summed E-state index contributed by atoms with van der Waals surface area (Å²) in [5.74, 6) is -21.7. The van der Waals surface area contributed by atoms with Gasteiger partial charge in [-0.3, -0.25) is 9.59 Å². The normalized spacial score (nSPS) is 30.4. The second-order valence-electron chi connectivity index (χ2n) is 6.66. The number of nitrogens with zero attached hydrogens (tertiary/aromatic N) is 1. The lowest BCUT2D eigenvalue weighted by atomic mass is 9.85. The minimum atomic E-state index is -7.53. The molecule has 0 N–H and O–H groups in total. The number of fused-ring (bicyclic) bond motifs is 5. The standard InChI is InChI=1S/C13H8F9NO5S/c14-10(15,12(18,19)20)11(16,17)13(21,22)29(26,27)28-23-8(24)6-4-1-2-5(3-4)7(6)9(23)25/h1-2,4-7H,3H2/t4-,5+,6?,7?. The molecule has 0 aromatic carbocycles. The molecule has 2 bridgehead atoms. The molecule has 0 radical (unpaired) electrons. The van der Waals surface area contributed by atoms with Crippen molar-refractivity contribution in [3.05, 3.63) is 12.2 Å². The van der Waals surface area contributed by atoms with Gasteiger partial charge in [0.2, 0.25) is 0 Å². The maximum absolute atomic E-state index is 13.7. The second kappa shape index (κ2) is 5.86. The molecule has 1 aliphatic heterocycles. The summed E-state index contributed by atoms with van der Waals surface area (Å²) in [6, 6.07) is 0. The Labute approximate surface area is 155 Å². The van der Waals surface area contributed by atoms with Gasteiger partial charge in [0, 0.05) is 0 Å². The van der Waals surface area contributed by atoms with Crippen LogP contribution in [0.4, 0.5) is 39.5 Å². The highest BCUT2D eigenvalue weighted by Crippen LogP contribution is 2.56. The summed E-state index contributed by atoms with van der Waals surface area (Å²) in [7, 11) is -7.36. The Morgan fingerprint density at radius 3 is 1.62 bits per heavy atom. The van der Waals surface area contributed by atoms with Gasteiger partial charge in [0.1, 0.15) is 0 Å². The van der Waals surface area contributed by atoms with Gasteiger partial charge in [0.15, 0.2) is 0 Å². The van der Waals surface area contributed by atoms with E-state index in [9.17, 15) is 57.5 Å². The summed E-state index contributed by atoms with van der Waals surface area (Å²) in [5.41, 5.74) is 0. The third-order valence-corrected chi connectivity index (χ3v) is 6.26. The molecule has 0 spiro atoms. The Morgan fingerprint density at radius 2 is 1.24 bits per heavy atom.